The highest BCUT2D eigenvalue weighted by molar-refractivity contribution is 5.77. The molecule has 2 aromatic carbocycles. The van der Waals surface area contributed by atoms with Gasteiger partial charge in [0.15, 0.2) is 0 Å². The van der Waals surface area contributed by atoms with Crippen LogP contribution in [-0.4, -0.2) is 44.0 Å². The van der Waals surface area contributed by atoms with Crippen LogP contribution in [0.15, 0.2) is 90.0 Å². The fraction of sp³-hybridized carbons (Fsp3) is 0.300. The van der Waals surface area contributed by atoms with Gasteiger partial charge in [0, 0.05) is 49.5 Å². The van der Waals surface area contributed by atoms with E-state index in [0.29, 0.717) is 43.6 Å². The first kappa shape index (κ1) is 23.9. The number of carbonyl (C=O) groups is 1. The van der Waals surface area contributed by atoms with E-state index in [-0.39, 0.29) is 23.8 Å². The number of hydrogen-bond acceptors (Lipinski definition) is 4. The first-order chi connectivity index (χ1) is 17.4. The Labute approximate surface area is 210 Å². The van der Waals surface area contributed by atoms with Crippen LogP contribution in [0.5, 0.6) is 0 Å². The molecule has 0 unspecified atom stereocenters. The summed E-state index contributed by atoms with van der Waals surface area (Å²) in [7, 11) is 0. The molecule has 1 fully saturated rings. The average Bonchev–Trinajstić information content (AvgIpc) is 2.91. The van der Waals surface area contributed by atoms with Crippen molar-refractivity contribution in [2.45, 2.75) is 44.1 Å². The van der Waals surface area contributed by atoms with E-state index in [2.05, 4.69) is 11.9 Å². The van der Waals surface area contributed by atoms with E-state index in [1.165, 1.54) is 0 Å². The van der Waals surface area contributed by atoms with Crippen molar-refractivity contribution in [2.75, 3.05) is 13.1 Å². The molecule has 0 radical (unpaired) electrons. The molecule has 3 heterocycles. The number of aromatic nitrogens is 2. The molecule has 2 aromatic heterocycles. The van der Waals surface area contributed by atoms with Gasteiger partial charge in [0.05, 0.1) is 5.60 Å². The quantitative estimate of drug-likeness (QED) is 0.442. The molecule has 0 saturated carbocycles. The molecule has 4 aromatic rings. The second-order valence-corrected chi connectivity index (χ2v) is 9.87. The smallest absolute Gasteiger partial charge is 0.261 e. The first-order valence-electron chi connectivity index (χ1n) is 12.5. The van der Waals surface area contributed by atoms with Crippen LogP contribution in [0.2, 0.25) is 0 Å². The van der Waals surface area contributed by atoms with Crippen LogP contribution in [0.3, 0.4) is 0 Å². The number of nitrogens with zero attached hydrogens (tertiary/aromatic N) is 3. The SMILES string of the molecule is C[C@H](CC(=O)N1CCC(O)(Cc2cnc3c(-c4ccccc4)cccn3c2=O)CC1)c1ccccc1. The Hall–Kier alpha value is -3.77. The van der Waals surface area contributed by atoms with Gasteiger partial charge < -0.3 is 10.0 Å². The lowest BCUT2D eigenvalue weighted by Gasteiger charge is -2.38. The van der Waals surface area contributed by atoms with Gasteiger partial charge in [0.2, 0.25) is 5.91 Å². The molecule has 6 heteroatoms. The number of piperidine rings is 1. The summed E-state index contributed by atoms with van der Waals surface area (Å²) in [5.74, 6) is 0.248. The van der Waals surface area contributed by atoms with Gasteiger partial charge >= 0.3 is 0 Å². The van der Waals surface area contributed by atoms with Gasteiger partial charge in [0.1, 0.15) is 5.65 Å². The summed E-state index contributed by atoms with van der Waals surface area (Å²) in [4.78, 5) is 32.6. The minimum absolute atomic E-state index is 0.106. The Morgan fingerprint density at radius 3 is 2.36 bits per heavy atom. The fourth-order valence-electron chi connectivity index (χ4n) is 5.10. The van der Waals surface area contributed by atoms with E-state index in [4.69, 9.17) is 0 Å². The fourth-order valence-corrected chi connectivity index (χ4v) is 5.10. The minimum atomic E-state index is -1.03. The van der Waals surface area contributed by atoms with Crippen LogP contribution < -0.4 is 5.56 Å². The van der Waals surface area contributed by atoms with Crippen molar-refractivity contribution in [3.63, 3.8) is 0 Å². The van der Waals surface area contributed by atoms with E-state index in [0.717, 1.165) is 16.7 Å². The molecule has 0 aliphatic carbocycles. The predicted molar refractivity (Wildman–Crippen MR) is 141 cm³/mol. The van der Waals surface area contributed by atoms with Crippen molar-refractivity contribution in [3.8, 4) is 11.1 Å². The lowest BCUT2D eigenvalue weighted by atomic mass is 9.85. The van der Waals surface area contributed by atoms with Gasteiger partial charge in [-0.2, -0.15) is 0 Å². The van der Waals surface area contributed by atoms with Crippen molar-refractivity contribution in [1.82, 2.24) is 14.3 Å². The second kappa shape index (κ2) is 10.1. The molecule has 0 spiro atoms. The molecular formula is C30H31N3O3. The number of fused-ring (bicyclic) bond motifs is 1. The van der Waals surface area contributed by atoms with E-state index < -0.39 is 5.60 Å². The topological polar surface area (TPSA) is 74.9 Å². The van der Waals surface area contributed by atoms with Crippen LogP contribution >= 0.6 is 0 Å². The number of hydrogen-bond donors (Lipinski definition) is 1. The molecule has 5 rings (SSSR count). The number of benzene rings is 2. The number of rotatable bonds is 6. The molecule has 1 atom stereocenters. The predicted octanol–water partition coefficient (Wildman–Crippen LogP) is 4.45. The second-order valence-electron chi connectivity index (χ2n) is 9.87. The van der Waals surface area contributed by atoms with Crippen LogP contribution in [0.25, 0.3) is 16.8 Å². The van der Waals surface area contributed by atoms with Crippen LogP contribution in [0.1, 0.15) is 43.2 Å². The summed E-state index contributed by atoms with van der Waals surface area (Å²) in [6.07, 6.45) is 4.86. The van der Waals surface area contributed by atoms with Crippen molar-refractivity contribution < 1.29 is 9.90 Å². The molecule has 1 N–H and O–H groups in total. The third-order valence-electron chi connectivity index (χ3n) is 7.30. The lowest BCUT2D eigenvalue weighted by Crippen LogP contribution is -2.48. The maximum atomic E-state index is 13.3. The van der Waals surface area contributed by atoms with E-state index in [9.17, 15) is 14.7 Å². The Kier molecular flexibility index (Phi) is 6.70. The van der Waals surface area contributed by atoms with Gasteiger partial charge in [-0.15, -0.1) is 0 Å². The number of likely N-dealkylation sites (tertiary alicyclic amines) is 1. The van der Waals surface area contributed by atoms with Crippen LogP contribution in [0.4, 0.5) is 0 Å². The molecule has 1 saturated heterocycles. The monoisotopic (exact) mass is 481 g/mol. The van der Waals surface area contributed by atoms with Crippen LogP contribution in [0, 0.1) is 0 Å². The largest absolute Gasteiger partial charge is 0.389 e. The molecular weight excluding hydrogens is 450 g/mol. The third kappa shape index (κ3) is 4.95. The molecule has 0 bridgehead atoms. The summed E-state index contributed by atoms with van der Waals surface area (Å²) >= 11 is 0. The Bertz CT molecular complexity index is 1410. The van der Waals surface area contributed by atoms with Gasteiger partial charge in [0.25, 0.3) is 5.56 Å². The Morgan fingerprint density at radius 2 is 1.67 bits per heavy atom. The normalized spacial score (nSPS) is 16.1. The van der Waals surface area contributed by atoms with Gasteiger partial charge in [-0.3, -0.25) is 14.0 Å². The first-order valence-corrected chi connectivity index (χ1v) is 12.5. The van der Waals surface area contributed by atoms with Gasteiger partial charge in [-0.05, 0) is 42.0 Å². The molecule has 6 nitrogen and oxygen atoms in total. The minimum Gasteiger partial charge on any atom is -0.389 e. The lowest BCUT2D eigenvalue weighted by molar-refractivity contribution is -0.135. The van der Waals surface area contributed by atoms with E-state index >= 15 is 0 Å². The Balaban J connectivity index is 1.27. The molecule has 1 aliphatic rings. The highest BCUT2D eigenvalue weighted by atomic mass is 16.3. The number of aliphatic hydroxyl groups is 1. The number of pyridine rings is 1. The summed E-state index contributed by atoms with van der Waals surface area (Å²) in [6, 6.07) is 23.7. The van der Waals surface area contributed by atoms with Crippen LogP contribution in [-0.2, 0) is 11.2 Å². The summed E-state index contributed by atoms with van der Waals surface area (Å²) < 4.78 is 1.56. The van der Waals surface area contributed by atoms with Gasteiger partial charge in [-0.25, -0.2) is 4.98 Å². The molecule has 36 heavy (non-hydrogen) atoms. The average molecular weight is 482 g/mol. The number of amides is 1. The highest BCUT2D eigenvalue weighted by Gasteiger charge is 2.35. The van der Waals surface area contributed by atoms with Crippen molar-refractivity contribution >= 4 is 11.6 Å². The zero-order valence-corrected chi connectivity index (χ0v) is 20.5. The number of carbonyl (C=O) groups excluding carboxylic acids is 1. The van der Waals surface area contributed by atoms with Crippen molar-refractivity contribution in [1.29, 1.82) is 0 Å². The van der Waals surface area contributed by atoms with Crippen molar-refractivity contribution in [2.24, 2.45) is 0 Å². The maximum absolute atomic E-state index is 13.3. The van der Waals surface area contributed by atoms with E-state index in [1.807, 2.05) is 77.7 Å². The standard InChI is InChI=1S/C30H31N3O3/c1-22(23-9-4-2-5-10-23)19-27(34)32-17-14-30(36,15-18-32)20-25-21-31-28-26(24-11-6-3-7-12-24)13-8-16-33(28)29(25)35/h2-13,16,21-22,36H,14-15,17-20H2,1H3/t22-/m1/s1. The van der Waals surface area contributed by atoms with Crippen molar-refractivity contribution in [3.05, 3.63) is 107 Å². The summed E-state index contributed by atoms with van der Waals surface area (Å²) in [5, 5.41) is 11.3. The molecule has 184 valence electrons. The zero-order chi connectivity index (χ0) is 25.1. The maximum Gasteiger partial charge on any atom is 0.261 e. The summed E-state index contributed by atoms with van der Waals surface area (Å²) in [5.41, 5.74) is 2.91. The molecule has 1 amide bonds. The zero-order valence-electron chi connectivity index (χ0n) is 20.5. The Morgan fingerprint density at radius 1 is 1.00 bits per heavy atom. The van der Waals surface area contributed by atoms with E-state index in [1.54, 1.807) is 16.8 Å². The summed E-state index contributed by atoms with van der Waals surface area (Å²) in [6.45, 7) is 3.03. The molecule has 1 aliphatic heterocycles. The third-order valence-corrected chi connectivity index (χ3v) is 7.30. The van der Waals surface area contributed by atoms with Gasteiger partial charge in [-0.1, -0.05) is 67.6 Å². The highest BCUT2D eigenvalue weighted by Crippen LogP contribution is 2.28.